The van der Waals surface area contributed by atoms with Crippen LogP contribution in [0.2, 0.25) is 0 Å². The van der Waals surface area contributed by atoms with Crippen molar-refractivity contribution in [2.75, 3.05) is 13.1 Å². The topological polar surface area (TPSA) is 53.8 Å². The van der Waals surface area contributed by atoms with Gasteiger partial charge in [-0.25, -0.2) is 0 Å². The Kier molecular flexibility index (Phi) is 5.03. The predicted molar refractivity (Wildman–Crippen MR) is 118 cm³/mol. The summed E-state index contributed by atoms with van der Waals surface area (Å²) in [6.07, 6.45) is 1.84. The Morgan fingerprint density at radius 3 is 2.34 bits per heavy atom. The van der Waals surface area contributed by atoms with Gasteiger partial charge in [0.15, 0.2) is 10.5 Å². The smallest absolute Gasteiger partial charge is 0.276 e. The van der Waals surface area contributed by atoms with Crippen molar-refractivity contribution in [3.05, 3.63) is 76.1 Å². The van der Waals surface area contributed by atoms with Gasteiger partial charge < -0.3 is 9.32 Å². The summed E-state index contributed by atoms with van der Waals surface area (Å²) in [6, 6.07) is 16.3. The number of likely N-dealkylation sites (N-methyl/N-ethyl adjacent to an activating group) is 2. The molecule has 2 aromatic carbocycles. The van der Waals surface area contributed by atoms with Crippen molar-refractivity contribution in [3.8, 4) is 11.3 Å². The van der Waals surface area contributed by atoms with Crippen molar-refractivity contribution in [2.45, 2.75) is 13.8 Å². The zero-order valence-corrected chi connectivity index (χ0v) is 17.0. The van der Waals surface area contributed by atoms with Gasteiger partial charge in [0, 0.05) is 24.7 Å². The molecule has 1 aliphatic heterocycles. The van der Waals surface area contributed by atoms with Crippen LogP contribution in [0.1, 0.15) is 19.4 Å². The van der Waals surface area contributed by atoms with Crippen LogP contribution in [-0.4, -0.2) is 33.9 Å². The summed E-state index contributed by atoms with van der Waals surface area (Å²) in [5.41, 5.74) is 2.73. The van der Waals surface area contributed by atoms with Crippen molar-refractivity contribution < 1.29 is 9.21 Å². The number of rotatable bonds is 4. The van der Waals surface area contributed by atoms with Gasteiger partial charge in [0.25, 0.3) is 5.91 Å². The molecule has 0 atom stereocenters. The van der Waals surface area contributed by atoms with Crippen molar-refractivity contribution in [3.63, 3.8) is 0 Å². The lowest BCUT2D eigenvalue weighted by Gasteiger charge is -2.17. The van der Waals surface area contributed by atoms with Crippen molar-refractivity contribution in [2.24, 2.45) is 0 Å². The molecule has 1 fully saturated rings. The molecule has 0 aliphatic carbocycles. The van der Waals surface area contributed by atoms with Gasteiger partial charge in [0.2, 0.25) is 0 Å². The van der Waals surface area contributed by atoms with Crippen LogP contribution in [0.3, 0.4) is 0 Å². The van der Waals surface area contributed by atoms with E-state index in [0.717, 1.165) is 11.1 Å². The van der Waals surface area contributed by atoms with Crippen LogP contribution < -0.4 is 5.43 Å². The first-order chi connectivity index (χ1) is 14.0. The number of nitrogens with zero attached hydrogens (tertiary/aromatic N) is 2. The molecule has 0 radical (unpaired) electrons. The van der Waals surface area contributed by atoms with E-state index in [1.54, 1.807) is 17.0 Å². The number of fused-ring (bicyclic) bond motifs is 1. The lowest BCUT2D eigenvalue weighted by atomic mass is 10.1. The zero-order chi connectivity index (χ0) is 20.5. The molecule has 3 aromatic rings. The second-order valence-corrected chi connectivity index (χ2v) is 7.06. The van der Waals surface area contributed by atoms with Gasteiger partial charge in [-0.3, -0.25) is 14.5 Å². The Hall–Kier alpha value is -3.25. The lowest BCUT2D eigenvalue weighted by molar-refractivity contribution is -0.122. The molecule has 4 rings (SSSR count). The number of para-hydroxylation sites is 1. The van der Waals surface area contributed by atoms with Crippen LogP contribution in [0.15, 0.2) is 69.5 Å². The second-order valence-electron chi connectivity index (χ2n) is 6.70. The SMILES string of the molecule is CCN1C(=O)/C(=C/c2ccc(-c3cc(=O)c4ccccc4o3)cc2)N(CC)C1=S. The maximum absolute atomic E-state index is 12.6. The largest absolute Gasteiger partial charge is 0.456 e. The minimum absolute atomic E-state index is 0.0728. The highest BCUT2D eigenvalue weighted by atomic mass is 32.1. The number of benzene rings is 2. The molecule has 0 saturated carbocycles. The highest BCUT2D eigenvalue weighted by Gasteiger charge is 2.35. The number of amides is 1. The van der Waals surface area contributed by atoms with E-state index in [1.165, 1.54) is 6.07 Å². The minimum Gasteiger partial charge on any atom is -0.456 e. The molecular formula is C23H20N2O3S. The molecule has 29 heavy (non-hydrogen) atoms. The summed E-state index contributed by atoms with van der Waals surface area (Å²) < 4.78 is 5.89. The lowest BCUT2D eigenvalue weighted by Crippen LogP contribution is -2.32. The zero-order valence-electron chi connectivity index (χ0n) is 16.2. The molecule has 1 saturated heterocycles. The van der Waals surface area contributed by atoms with E-state index >= 15 is 0 Å². The maximum atomic E-state index is 12.6. The fourth-order valence-electron chi connectivity index (χ4n) is 3.46. The Bertz CT molecular complexity index is 1190. The highest BCUT2D eigenvalue weighted by Crippen LogP contribution is 2.26. The molecule has 5 nitrogen and oxygen atoms in total. The Morgan fingerprint density at radius 1 is 0.966 bits per heavy atom. The van der Waals surface area contributed by atoms with Gasteiger partial charge in [-0.1, -0.05) is 36.4 Å². The summed E-state index contributed by atoms with van der Waals surface area (Å²) in [7, 11) is 0. The Morgan fingerprint density at radius 2 is 1.66 bits per heavy atom. The van der Waals surface area contributed by atoms with E-state index in [1.807, 2.05) is 61.2 Å². The van der Waals surface area contributed by atoms with Crippen molar-refractivity contribution in [1.82, 2.24) is 9.80 Å². The monoisotopic (exact) mass is 404 g/mol. The van der Waals surface area contributed by atoms with E-state index in [4.69, 9.17) is 16.6 Å². The normalized spacial score (nSPS) is 15.7. The number of carbonyl (C=O) groups excluding carboxylic acids is 1. The first-order valence-electron chi connectivity index (χ1n) is 9.52. The van der Waals surface area contributed by atoms with Crippen LogP contribution >= 0.6 is 12.2 Å². The fourth-order valence-corrected chi connectivity index (χ4v) is 3.90. The van der Waals surface area contributed by atoms with Crippen LogP contribution in [-0.2, 0) is 4.79 Å². The van der Waals surface area contributed by atoms with Gasteiger partial charge in [0.05, 0.1) is 5.39 Å². The summed E-state index contributed by atoms with van der Waals surface area (Å²) in [5, 5.41) is 1.11. The Balaban J connectivity index is 1.68. The number of hydrogen-bond donors (Lipinski definition) is 0. The third-order valence-electron chi connectivity index (χ3n) is 4.98. The number of carbonyl (C=O) groups is 1. The number of hydrogen-bond acceptors (Lipinski definition) is 4. The summed E-state index contributed by atoms with van der Waals surface area (Å²) in [4.78, 5) is 28.4. The van der Waals surface area contributed by atoms with E-state index in [0.29, 0.717) is 40.6 Å². The molecule has 0 spiro atoms. The quantitative estimate of drug-likeness (QED) is 0.480. The third kappa shape index (κ3) is 3.36. The summed E-state index contributed by atoms with van der Waals surface area (Å²) >= 11 is 5.41. The first kappa shape index (κ1) is 19.1. The van der Waals surface area contributed by atoms with Crippen LogP contribution in [0.5, 0.6) is 0 Å². The summed E-state index contributed by atoms with van der Waals surface area (Å²) in [6.45, 7) is 5.06. The highest BCUT2D eigenvalue weighted by molar-refractivity contribution is 7.80. The van der Waals surface area contributed by atoms with Crippen LogP contribution in [0.4, 0.5) is 0 Å². The molecule has 0 unspecified atom stereocenters. The molecule has 1 aliphatic rings. The minimum atomic E-state index is -0.0797. The molecule has 146 valence electrons. The average Bonchev–Trinajstić information content (AvgIpc) is 2.97. The summed E-state index contributed by atoms with van der Waals surface area (Å²) in [5.74, 6) is 0.433. The van der Waals surface area contributed by atoms with Crippen LogP contribution in [0, 0.1) is 0 Å². The molecule has 1 aromatic heterocycles. The van der Waals surface area contributed by atoms with Gasteiger partial charge in [-0.2, -0.15) is 0 Å². The predicted octanol–water partition coefficient (Wildman–Crippen LogP) is 4.27. The molecule has 2 heterocycles. The van der Waals surface area contributed by atoms with Crippen LogP contribution in [0.25, 0.3) is 28.4 Å². The molecule has 0 bridgehead atoms. The molecule has 1 amide bonds. The standard InChI is InChI=1S/C23H20N2O3S/c1-3-24-18(22(27)25(4-2)23(24)29)13-15-9-11-16(12-10-15)21-14-19(26)17-7-5-6-8-20(17)28-21/h5-14H,3-4H2,1-2H3/b18-13-. The maximum Gasteiger partial charge on any atom is 0.276 e. The van der Waals surface area contributed by atoms with Crippen molar-refractivity contribution in [1.29, 1.82) is 0 Å². The average molecular weight is 404 g/mol. The van der Waals surface area contributed by atoms with Gasteiger partial charge in [0.1, 0.15) is 17.0 Å². The molecule has 0 N–H and O–H groups in total. The van der Waals surface area contributed by atoms with Crippen molar-refractivity contribution >= 4 is 40.3 Å². The fraction of sp³-hybridized carbons (Fsp3) is 0.174. The van der Waals surface area contributed by atoms with Gasteiger partial charge in [-0.05, 0) is 49.8 Å². The van der Waals surface area contributed by atoms with E-state index in [9.17, 15) is 9.59 Å². The molecule has 6 heteroatoms. The first-order valence-corrected chi connectivity index (χ1v) is 9.92. The van der Waals surface area contributed by atoms with E-state index in [2.05, 4.69) is 0 Å². The third-order valence-corrected chi connectivity index (χ3v) is 5.42. The number of thiocarbonyl (C=S) groups is 1. The Labute approximate surface area is 173 Å². The van der Waals surface area contributed by atoms with Gasteiger partial charge in [-0.15, -0.1) is 0 Å². The van der Waals surface area contributed by atoms with E-state index in [-0.39, 0.29) is 11.3 Å². The molecular weight excluding hydrogens is 384 g/mol. The second kappa shape index (κ2) is 7.64. The van der Waals surface area contributed by atoms with E-state index < -0.39 is 0 Å². The van der Waals surface area contributed by atoms with Gasteiger partial charge >= 0.3 is 0 Å².